The van der Waals surface area contributed by atoms with Crippen molar-refractivity contribution in [3.8, 4) is 0 Å². The number of rotatable bonds is 10. The number of carbonyl (C=O) groups excluding carboxylic acids is 1. The van der Waals surface area contributed by atoms with Gasteiger partial charge in [-0.3, -0.25) is 4.79 Å². The van der Waals surface area contributed by atoms with Crippen molar-refractivity contribution < 1.29 is 84.2 Å². The second kappa shape index (κ2) is 8.70. The van der Waals surface area contributed by atoms with Crippen molar-refractivity contribution in [1.29, 1.82) is 0 Å². The van der Waals surface area contributed by atoms with Crippen LogP contribution in [0, 0.1) is 0 Å². The molecular weight excluding hydrogens is 603 g/mol. The van der Waals surface area contributed by atoms with Crippen LogP contribution in [0.5, 0.6) is 0 Å². The molecule has 0 aromatic rings. The van der Waals surface area contributed by atoms with Crippen LogP contribution >= 0.6 is 15.9 Å². The van der Waals surface area contributed by atoms with E-state index < -0.39 is 71.0 Å². The molecule has 0 N–H and O–H groups in total. The fourth-order valence-corrected chi connectivity index (χ4v) is 2.54. The van der Waals surface area contributed by atoms with Gasteiger partial charge >= 0.3 is 53.6 Å². The maximum Gasteiger partial charge on any atom is 0.460 e. The van der Waals surface area contributed by atoms with E-state index in [4.69, 9.17) is 0 Å². The quantitative estimate of drug-likeness (QED) is 0.149. The number of esters is 1. The van der Waals surface area contributed by atoms with Crippen LogP contribution in [0.2, 0.25) is 0 Å². The molecule has 0 aliphatic carbocycles. The van der Waals surface area contributed by atoms with Crippen LogP contribution in [0.4, 0.5) is 74.6 Å². The largest absolute Gasteiger partial charge is 0.465 e. The summed E-state index contributed by atoms with van der Waals surface area (Å²) in [4.78, 5) is 11.4. The van der Waals surface area contributed by atoms with Crippen molar-refractivity contribution in [2.45, 2.75) is 72.2 Å². The minimum atomic E-state index is -8.69. The molecule has 0 aromatic carbocycles. The predicted molar refractivity (Wildman–Crippen MR) is 79.3 cm³/mol. The van der Waals surface area contributed by atoms with Crippen molar-refractivity contribution in [2.75, 3.05) is 6.61 Å². The molecule has 0 radical (unpaired) electrons. The summed E-state index contributed by atoms with van der Waals surface area (Å²) in [6, 6.07) is 0. The SMILES string of the molecule is CCOC(=O)C(C)(Br)CC(F)(F)C(F)(F)C(F)(F)C(F)(F)C(F)(F)C(F)(F)C(F)(F)C(F)(F)F. The van der Waals surface area contributed by atoms with E-state index in [1.807, 2.05) is 15.9 Å². The third-order valence-electron chi connectivity index (χ3n) is 4.04. The van der Waals surface area contributed by atoms with Gasteiger partial charge in [0.2, 0.25) is 0 Å². The molecule has 204 valence electrons. The van der Waals surface area contributed by atoms with Gasteiger partial charge in [0, 0.05) is 6.42 Å². The average Bonchev–Trinajstić information content (AvgIpc) is 2.58. The number of ether oxygens (including phenoxy) is 1. The van der Waals surface area contributed by atoms with Gasteiger partial charge in [-0.2, -0.15) is 74.6 Å². The molecule has 0 amide bonds. The van der Waals surface area contributed by atoms with E-state index in [-0.39, 0.29) is 6.92 Å². The fourth-order valence-electron chi connectivity index (χ4n) is 2.08. The summed E-state index contributed by atoms with van der Waals surface area (Å²) in [5, 5.41) is 0. The van der Waals surface area contributed by atoms with Gasteiger partial charge in [0.15, 0.2) is 0 Å². The molecule has 0 saturated carbocycles. The molecule has 0 heterocycles. The molecule has 0 rings (SSSR count). The second-order valence-corrected chi connectivity index (χ2v) is 8.49. The van der Waals surface area contributed by atoms with Gasteiger partial charge in [0.1, 0.15) is 4.32 Å². The molecule has 1 atom stereocenters. The van der Waals surface area contributed by atoms with Gasteiger partial charge < -0.3 is 4.74 Å². The van der Waals surface area contributed by atoms with E-state index in [1.54, 1.807) is 0 Å². The molecule has 0 fully saturated rings. The van der Waals surface area contributed by atoms with E-state index in [0.717, 1.165) is 6.92 Å². The van der Waals surface area contributed by atoms with Gasteiger partial charge in [-0.05, 0) is 13.8 Å². The summed E-state index contributed by atoms with van der Waals surface area (Å²) in [5.74, 6) is -59.0. The number of carbonyl (C=O) groups is 1. The maximum absolute atomic E-state index is 13.9. The first-order chi connectivity index (χ1) is 14.4. The molecule has 0 saturated heterocycles. The summed E-state index contributed by atoms with van der Waals surface area (Å²) < 4.78 is 225. The van der Waals surface area contributed by atoms with Crippen molar-refractivity contribution in [1.82, 2.24) is 0 Å². The van der Waals surface area contributed by atoms with Crippen LogP contribution in [-0.4, -0.2) is 64.5 Å². The molecule has 0 bridgehead atoms. The highest BCUT2D eigenvalue weighted by atomic mass is 79.9. The first-order valence-electron chi connectivity index (χ1n) is 8.01. The van der Waals surface area contributed by atoms with Crippen LogP contribution in [0.25, 0.3) is 0 Å². The van der Waals surface area contributed by atoms with E-state index in [0.29, 0.717) is 0 Å². The maximum atomic E-state index is 13.9. The van der Waals surface area contributed by atoms with Gasteiger partial charge in [-0.25, -0.2) is 0 Å². The van der Waals surface area contributed by atoms with Crippen molar-refractivity contribution in [3.05, 3.63) is 0 Å². The zero-order chi connectivity index (χ0) is 28.2. The van der Waals surface area contributed by atoms with Crippen molar-refractivity contribution >= 4 is 21.9 Å². The Bertz CT molecular complexity index is 756. The molecular formula is C14H10BrF17O2. The Labute approximate surface area is 185 Å². The third kappa shape index (κ3) is 4.62. The monoisotopic (exact) mass is 612 g/mol. The van der Waals surface area contributed by atoms with E-state index >= 15 is 0 Å². The molecule has 20 heteroatoms. The summed E-state index contributed by atoms with van der Waals surface area (Å²) in [7, 11) is 0. The summed E-state index contributed by atoms with van der Waals surface area (Å²) in [6.07, 6.45) is -10.8. The minimum absolute atomic E-state index is 0.220. The predicted octanol–water partition coefficient (Wildman–Crippen LogP) is 7.10. The molecule has 0 aromatic heterocycles. The highest BCUT2D eigenvalue weighted by Gasteiger charge is 2.95. The Balaban J connectivity index is 6.69. The normalized spacial score (nSPS) is 17.4. The van der Waals surface area contributed by atoms with Gasteiger partial charge in [0.05, 0.1) is 6.61 Å². The first kappa shape index (κ1) is 32.8. The van der Waals surface area contributed by atoms with Gasteiger partial charge in [0.25, 0.3) is 0 Å². The lowest BCUT2D eigenvalue weighted by molar-refractivity contribution is -0.461. The van der Waals surface area contributed by atoms with Crippen molar-refractivity contribution in [2.24, 2.45) is 0 Å². The third-order valence-corrected chi connectivity index (χ3v) is 4.65. The van der Waals surface area contributed by atoms with Crippen LogP contribution in [-0.2, 0) is 9.53 Å². The lowest BCUT2D eigenvalue weighted by atomic mass is 9.86. The van der Waals surface area contributed by atoms with Crippen LogP contribution < -0.4 is 0 Å². The zero-order valence-corrected chi connectivity index (χ0v) is 17.6. The first-order valence-corrected chi connectivity index (χ1v) is 8.81. The minimum Gasteiger partial charge on any atom is -0.465 e. The molecule has 0 aliphatic rings. The number of halogens is 18. The fraction of sp³-hybridized carbons (Fsp3) is 0.929. The van der Waals surface area contributed by atoms with E-state index in [2.05, 4.69) is 4.74 Å². The van der Waals surface area contributed by atoms with Crippen LogP contribution in [0.3, 0.4) is 0 Å². The second-order valence-electron chi connectivity index (χ2n) is 6.74. The smallest absolute Gasteiger partial charge is 0.460 e. The Morgan fingerprint density at radius 1 is 0.618 bits per heavy atom. The van der Waals surface area contributed by atoms with Crippen LogP contribution in [0.1, 0.15) is 20.3 Å². The molecule has 0 spiro atoms. The highest BCUT2D eigenvalue weighted by Crippen LogP contribution is 2.64. The zero-order valence-electron chi connectivity index (χ0n) is 16.0. The Kier molecular flexibility index (Phi) is 8.39. The lowest BCUT2D eigenvalue weighted by Crippen LogP contribution is -2.74. The summed E-state index contributed by atoms with van der Waals surface area (Å²) in [5.41, 5.74) is 0. The van der Waals surface area contributed by atoms with E-state index in [9.17, 15) is 79.4 Å². The number of hydrogen-bond donors (Lipinski definition) is 0. The van der Waals surface area contributed by atoms with Gasteiger partial charge in [-0.15, -0.1) is 0 Å². The molecule has 34 heavy (non-hydrogen) atoms. The summed E-state index contributed by atoms with van der Waals surface area (Å²) in [6.45, 7) is 0.588. The van der Waals surface area contributed by atoms with Gasteiger partial charge in [-0.1, -0.05) is 15.9 Å². The molecule has 0 aliphatic heterocycles. The summed E-state index contributed by atoms with van der Waals surface area (Å²) >= 11 is 2.00. The average molecular weight is 613 g/mol. The Morgan fingerprint density at radius 2 is 0.912 bits per heavy atom. The number of hydrogen-bond acceptors (Lipinski definition) is 2. The van der Waals surface area contributed by atoms with E-state index in [1.165, 1.54) is 0 Å². The number of alkyl halides is 18. The van der Waals surface area contributed by atoms with Crippen molar-refractivity contribution in [3.63, 3.8) is 0 Å². The molecule has 2 nitrogen and oxygen atoms in total. The molecule has 1 unspecified atom stereocenters. The Morgan fingerprint density at radius 3 is 1.21 bits per heavy atom. The topological polar surface area (TPSA) is 26.3 Å². The van der Waals surface area contributed by atoms with Crippen LogP contribution in [0.15, 0.2) is 0 Å². The Hall–Kier alpha value is -1.24. The highest BCUT2D eigenvalue weighted by molar-refractivity contribution is 9.10. The lowest BCUT2D eigenvalue weighted by Gasteiger charge is -2.43. The standard InChI is InChI=1S/C14H10BrF17O2/c1-3-34-5(33)6(2,15)4-7(16,17)8(18,19)9(20,21)10(22,23)11(24,25)12(26,27)13(28,29)14(30,31)32/h3-4H2,1-2H3.